The molecule has 1 aromatic rings. The summed E-state index contributed by atoms with van der Waals surface area (Å²) in [5, 5.41) is 10.9. The van der Waals surface area contributed by atoms with Crippen LogP contribution in [-0.4, -0.2) is 23.3 Å². The average Bonchev–Trinajstić information content (AvgIpc) is 2.65. The Morgan fingerprint density at radius 2 is 1.81 bits per heavy atom. The summed E-state index contributed by atoms with van der Waals surface area (Å²) in [6, 6.07) is 5.80. The van der Waals surface area contributed by atoms with E-state index >= 15 is 0 Å². The predicted octanol–water partition coefficient (Wildman–Crippen LogP) is 2.87. The standard InChI is InChI=1S/C18H25N3O5/c22-17(12-6-9-14-7-2-1-3-8-14)19-20-18(23)13-26-16-11-5-4-10-15(16)21(24)25/h4-5,10-11,14H,1-3,6-9,12-13H2,(H,19,22)(H,20,23). The number of rotatable bonds is 8. The Balaban J connectivity index is 1.62. The second-order valence-corrected chi connectivity index (χ2v) is 6.51. The van der Waals surface area contributed by atoms with Gasteiger partial charge in [0.2, 0.25) is 5.91 Å². The molecule has 0 saturated heterocycles. The van der Waals surface area contributed by atoms with Crippen LogP contribution in [0.1, 0.15) is 51.4 Å². The van der Waals surface area contributed by atoms with Gasteiger partial charge in [0.15, 0.2) is 12.4 Å². The van der Waals surface area contributed by atoms with E-state index in [-0.39, 0.29) is 17.3 Å². The molecule has 0 spiro atoms. The molecule has 1 fully saturated rings. The van der Waals surface area contributed by atoms with Crippen LogP contribution in [0.4, 0.5) is 5.69 Å². The molecule has 2 N–H and O–H groups in total. The Morgan fingerprint density at radius 1 is 1.12 bits per heavy atom. The molecule has 0 heterocycles. The normalized spacial score (nSPS) is 14.5. The van der Waals surface area contributed by atoms with Crippen molar-refractivity contribution in [1.82, 2.24) is 10.9 Å². The highest BCUT2D eigenvalue weighted by Crippen LogP contribution is 2.27. The quantitative estimate of drug-likeness (QED) is 0.545. The number of nitrogens with one attached hydrogen (secondary N) is 2. The summed E-state index contributed by atoms with van der Waals surface area (Å²) >= 11 is 0. The lowest BCUT2D eigenvalue weighted by atomic mass is 9.86. The van der Waals surface area contributed by atoms with Crippen LogP contribution in [0.5, 0.6) is 5.75 Å². The third-order valence-corrected chi connectivity index (χ3v) is 4.50. The van der Waals surface area contributed by atoms with E-state index in [4.69, 9.17) is 4.74 Å². The summed E-state index contributed by atoms with van der Waals surface area (Å²) in [7, 11) is 0. The number of benzene rings is 1. The molecule has 1 saturated carbocycles. The Hall–Kier alpha value is -2.64. The fraction of sp³-hybridized carbons (Fsp3) is 0.556. The van der Waals surface area contributed by atoms with Gasteiger partial charge in [-0.05, 0) is 24.8 Å². The van der Waals surface area contributed by atoms with Gasteiger partial charge in [-0.15, -0.1) is 0 Å². The van der Waals surface area contributed by atoms with Gasteiger partial charge in [0.1, 0.15) is 0 Å². The first-order valence-electron chi connectivity index (χ1n) is 9.00. The number of carbonyl (C=O) groups is 2. The largest absolute Gasteiger partial charge is 0.477 e. The van der Waals surface area contributed by atoms with Gasteiger partial charge in [-0.25, -0.2) is 0 Å². The number of nitro groups is 1. The van der Waals surface area contributed by atoms with E-state index in [1.54, 1.807) is 6.07 Å². The maximum atomic E-state index is 11.8. The van der Waals surface area contributed by atoms with Gasteiger partial charge in [-0.1, -0.05) is 44.2 Å². The Kier molecular flexibility index (Phi) is 7.85. The monoisotopic (exact) mass is 363 g/mol. The third kappa shape index (κ3) is 6.70. The van der Waals surface area contributed by atoms with Gasteiger partial charge in [-0.3, -0.25) is 30.6 Å². The Labute approximate surface area is 152 Å². The summed E-state index contributed by atoms with van der Waals surface area (Å²) < 4.78 is 5.15. The SMILES string of the molecule is O=C(CCCC1CCCCC1)NNC(=O)COc1ccccc1[N+](=O)[O-]. The zero-order valence-corrected chi connectivity index (χ0v) is 14.7. The lowest BCUT2D eigenvalue weighted by Crippen LogP contribution is -2.43. The van der Waals surface area contributed by atoms with Gasteiger partial charge >= 0.3 is 5.69 Å². The van der Waals surface area contributed by atoms with Gasteiger partial charge in [0, 0.05) is 12.5 Å². The van der Waals surface area contributed by atoms with Crippen LogP contribution in [-0.2, 0) is 9.59 Å². The molecule has 26 heavy (non-hydrogen) atoms. The van der Waals surface area contributed by atoms with Crippen molar-refractivity contribution in [3.8, 4) is 5.75 Å². The first-order valence-corrected chi connectivity index (χ1v) is 9.00. The average molecular weight is 363 g/mol. The molecule has 0 unspecified atom stereocenters. The van der Waals surface area contributed by atoms with Gasteiger partial charge in [-0.2, -0.15) is 0 Å². The summed E-state index contributed by atoms with van der Waals surface area (Å²) in [5.74, 6) is -0.101. The molecule has 8 heteroatoms. The third-order valence-electron chi connectivity index (χ3n) is 4.50. The van der Waals surface area contributed by atoms with E-state index in [1.165, 1.54) is 50.3 Å². The zero-order valence-electron chi connectivity index (χ0n) is 14.7. The van der Waals surface area contributed by atoms with Crippen molar-refractivity contribution >= 4 is 17.5 Å². The molecule has 0 aliphatic heterocycles. The number of hydrogen-bond acceptors (Lipinski definition) is 5. The van der Waals surface area contributed by atoms with Gasteiger partial charge in [0.05, 0.1) is 4.92 Å². The molecule has 0 radical (unpaired) electrons. The lowest BCUT2D eigenvalue weighted by molar-refractivity contribution is -0.385. The topological polar surface area (TPSA) is 111 Å². The first-order chi connectivity index (χ1) is 12.6. The van der Waals surface area contributed by atoms with Crippen molar-refractivity contribution in [1.29, 1.82) is 0 Å². The smallest absolute Gasteiger partial charge is 0.310 e. The summed E-state index contributed by atoms with van der Waals surface area (Å²) in [6.07, 6.45) is 8.60. The number of para-hydroxylation sites is 2. The van der Waals surface area contributed by atoms with E-state index < -0.39 is 17.4 Å². The molecule has 2 rings (SSSR count). The summed E-state index contributed by atoms with van der Waals surface area (Å²) in [5.41, 5.74) is 4.38. The maximum Gasteiger partial charge on any atom is 0.310 e. The maximum absolute atomic E-state index is 11.8. The van der Waals surface area contributed by atoms with Crippen molar-refractivity contribution < 1.29 is 19.2 Å². The minimum Gasteiger partial charge on any atom is -0.477 e. The summed E-state index contributed by atoms with van der Waals surface area (Å²) in [6.45, 7) is -0.423. The van der Waals surface area contributed by atoms with Crippen molar-refractivity contribution in [2.75, 3.05) is 6.61 Å². The van der Waals surface area contributed by atoms with E-state index in [0.717, 1.165) is 18.8 Å². The van der Waals surface area contributed by atoms with Crippen LogP contribution in [0.15, 0.2) is 24.3 Å². The molecule has 1 aliphatic carbocycles. The highest BCUT2D eigenvalue weighted by atomic mass is 16.6. The number of nitro benzene ring substituents is 1. The number of amides is 2. The molecular formula is C18H25N3O5. The molecule has 1 aromatic carbocycles. The van der Waals surface area contributed by atoms with Crippen molar-refractivity contribution in [3.05, 3.63) is 34.4 Å². The lowest BCUT2D eigenvalue weighted by Gasteiger charge is -2.21. The van der Waals surface area contributed by atoms with Gasteiger partial charge < -0.3 is 4.74 Å². The van der Waals surface area contributed by atoms with Crippen LogP contribution in [0.2, 0.25) is 0 Å². The van der Waals surface area contributed by atoms with Crippen LogP contribution in [0.3, 0.4) is 0 Å². The van der Waals surface area contributed by atoms with Gasteiger partial charge in [0.25, 0.3) is 5.91 Å². The zero-order chi connectivity index (χ0) is 18.8. The number of ether oxygens (including phenoxy) is 1. The Morgan fingerprint density at radius 3 is 2.54 bits per heavy atom. The number of nitrogens with zero attached hydrogens (tertiary/aromatic N) is 1. The van der Waals surface area contributed by atoms with Crippen LogP contribution >= 0.6 is 0 Å². The molecule has 0 aromatic heterocycles. The Bertz CT molecular complexity index is 629. The minimum absolute atomic E-state index is 0.00598. The van der Waals surface area contributed by atoms with Crippen molar-refractivity contribution in [2.24, 2.45) is 5.92 Å². The predicted molar refractivity (Wildman–Crippen MR) is 95.3 cm³/mol. The van der Waals surface area contributed by atoms with E-state index in [9.17, 15) is 19.7 Å². The fourth-order valence-corrected chi connectivity index (χ4v) is 3.14. The molecule has 0 atom stereocenters. The molecule has 2 amide bonds. The summed E-state index contributed by atoms with van der Waals surface area (Å²) in [4.78, 5) is 33.7. The molecular weight excluding hydrogens is 338 g/mol. The molecule has 1 aliphatic rings. The highest BCUT2D eigenvalue weighted by molar-refractivity contribution is 5.82. The van der Waals surface area contributed by atoms with Crippen LogP contribution < -0.4 is 15.6 Å². The second kappa shape index (κ2) is 10.4. The van der Waals surface area contributed by atoms with Crippen LogP contribution in [0.25, 0.3) is 0 Å². The molecule has 142 valence electrons. The minimum atomic E-state index is -0.582. The number of hydrazine groups is 1. The second-order valence-electron chi connectivity index (χ2n) is 6.51. The first kappa shape index (κ1) is 19.7. The number of carbonyl (C=O) groups excluding carboxylic acids is 2. The van der Waals surface area contributed by atoms with Crippen LogP contribution in [0, 0.1) is 16.0 Å². The molecule has 8 nitrogen and oxygen atoms in total. The van der Waals surface area contributed by atoms with E-state index in [2.05, 4.69) is 10.9 Å². The number of hydrogen-bond donors (Lipinski definition) is 2. The van der Waals surface area contributed by atoms with Crippen molar-refractivity contribution in [3.63, 3.8) is 0 Å². The fourth-order valence-electron chi connectivity index (χ4n) is 3.14. The van der Waals surface area contributed by atoms with E-state index in [1.807, 2.05) is 0 Å². The van der Waals surface area contributed by atoms with E-state index in [0.29, 0.717) is 6.42 Å². The van der Waals surface area contributed by atoms with Crippen molar-refractivity contribution in [2.45, 2.75) is 51.4 Å². The highest BCUT2D eigenvalue weighted by Gasteiger charge is 2.16. The molecule has 0 bridgehead atoms.